The highest BCUT2D eigenvalue weighted by Crippen LogP contribution is 2.14. The van der Waals surface area contributed by atoms with Gasteiger partial charge < -0.3 is 15.1 Å². The molecule has 8 heteroatoms. The molecule has 0 unspecified atom stereocenters. The number of unbranched alkanes of at least 4 members (excludes halogenated alkanes) is 26. The molecule has 0 saturated heterocycles. The van der Waals surface area contributed by atoms with E-state index in [0.717, 1.165) is 32.1 Å². The second kappa shape index (κ2) is 64.1. The molecule has 0 aromatic rings. The van der Waals surface area contributed by atoms with Crippen molar-refractivity contribution in [1.29, 1.82) is 0 Å². The number of nitro groups is 1. The molecule has 55 heavy (non-hydrogen) atoms. The molecule has 0 aromatic heterocycles. The quantitative estimate of drug-likeness (QED) is 0.0277. The van der Waals surface area contributed by atoms with Crippen molar-refractivity contribution in [2.24, 2.45) is 0 Å². The van der Waals surface area contributed by atoms with Gasteiger partial charge in [0, 0.05) is 19.4 Å². The number of aliphatic hydroxyl groups is 1. The van der Waals surface area contributed by atoms with E-state index in [-0.39, 0.29) is 6.47 Å². The first-order chi connectivity index (χ1) is 26.8. The first-order valence-corrected chi connectivity index (χ1v) is 23.5. The molecule has 0 fully saturated rings. The van der Waals surface area contributed by atoms with Gasteiger partial charge in [0.1, 0.15) is 5.78 Å². The van der Waals surface area contributed by atoms with E-state index < -0.39 is 4.92 Å². The molecule has 332 valence electrons. The molecule has 2 N–H and O–H groups in total. The number of carbonyl (C=O) groups excluding carboxylic acids is 1. The molecule has 8 nitrogen and oxygen atoms in total. The molecule has 0 radical (unpaired) electrons. The molecule has 0 atom stereocenters. The van der Waals surface area contributed by atoms with Crippen molar-refractivity contribution in [2.45, 2.75) is 253 Å². The van der Waals surface area contributed by atoms with Crippen molar-refractivity contribution in [3.63, 3.8) is 0 Å². The maximum Gasteiger partial charge on any atom is 0.290 e. The molecule has 0 amide bonds. The Bertz CT molecular complexity index is 701. The summed E-state index contributed by atoms with van der Waals surface area (Å²) < 4.78 is 0. The van der Waals surface area contributed by atoms with Gasteiger partial charge in [-0.15, -0.1) is 0 Å². The SMILES string of the molecule is C=C[N+](=O)[O-].CC.CCCCCCCCCCCCCCCCN(CCCC)CCCCCCCC(=O)CCCCCC.CCCCCCCCO.O=CO. The zero-order chi connectivity index (χ0) is 42.3. The number of ketones is 1. The topological polar surface area (TPSA) is 121 Å². The highest BCUT2D eigenvalue weighted by Gasteiger charge is 2.05. The largest absolute Gasteiger partial charge is 0.483 e. The predicted molar refractivity (Wildman–Crippen MR) is 241 cm³/mol. The van der Waals surface area contributed by atoms with E-state index >= 15 is 0 Å². The van der Waals surface area contributed by atoms with Gasteiger partial charge in [0.25, 0.3) is 6.47 Å². The van der Waals surface area contributed by atoms with Crippen LogP contribution in [-0.2, 0) is 9.59 Å². The summed E-state index contributed by atoms with van der Waals surface area (Å²) in [5.74, 6) is 0.505. The molecular formula is C47H98N2O6. The van der Waals surface area contributed by atoms with Crippen LogP contribution in [0, 0.1) is 10.1 Å². The van der Waals surface area contributed by atoms with E-state index in [2.05, 4.69) is 39.2 Å². The van der Waals surface area contributed by atoms with E-state index in [1.54, 1.807) is 0 Å². The van der Waals surface area contributed by atoms with Crippen LogP contribution in [0.4, 0.5) is 0 Å². The van der Waals surface area contributed by atoms with Crippen molar-refractivity contribution in [2.75, 3.05) is 26.2 Å². The Morgan fingerprint density at radius 2 is 0.764 bits per heavy atom. The Balaban J connectivity index is -0.000000359. The monoisotopic (exact) mass is 787 g/mol. The molecule has 0 spiro atoms. The number of nitrogens with zero attached hydrogens (tertiary/aromatic N) is 2. The van der Waals surface area contributed by atoms with E-state index in [9.17, 15) is 4.79 Å². The fourth-order valence-corrected chi connectivity index (χ4v) is 6.20. The Labute approximate surface area is 343 Å². The summed E-state index contributed by atoms with van der Waals surface area (Å²) in [7, 11) is 0. The number of Topliss-reactive ketones (excluding diaryl/α,β-unsaturated/α-hetero) is 1. The third-order valence-corrected chi connectivity index (χ3v) is 9.56. The molecule has 0 bridgehead atoms. The number of rotatable bonds is 38. The van der Waals surface area contributed by atoms with Crippen LogP contribution >= 0.6 is 0 Å². The van der Waals surface area contributed by atoms with Gasteiger partial charge in [0.15, 0.2) is 0 Å². The highest BCUT2D eigenvalue weighted by molar-refractivity contribution is 5.78. The van der Waals surface area contributed by atoms with Gasteiger partial charge in [-0.05, 0) is 64.7 Å². The van der Waals surface area contributed by atoms with Crippen molar-refractivity contribution >= 4 is 12.3 Å². The van der Waals surface area contributed by atoms with E-state index in [1.807, 2.05) is 13.8 Å². The first kappa shape index (κ1) is 62.4. The van der Waals surface area contributed by atoms with Gasteiger partial charge >= 0.3 is 0 Å². The van der Waals surface area contributed by atoms with E-state index in [4.69, 9.17) is 25.1 Å². The fourth-order valence-electron chi connectivity index (χ4n) is 6.20. The molecule has 0 aliphatic rings. The number of aliphatic hydroxyl groups excluding tert-OH is 1. The zero-order valence-electron chi connectivity index (χ0n) is 37.9. The molecule has 0 aliphatic carbocycles. The fraction of sp³-hybridized carbons (Fsp3) is 0.915. The van der Waals surface area contributed by atoms with Crippen LogP contribution in [0.1, 0.15) is 253 Å². The standard InChI is InChI=1S/C34H69NO.C8H18O.C2H3NO2.C2H6.CH2O2/c1-4-7-10-12-13-14-15-16-17-18-19-20-23-27-32-35(31-9-6-3)33-28-24-21-22-26-30-34(36)29-25-11-8-5-2;1-2-3-4-5-6-7-8-9;1-2-3(4)5;1-2;2-1-3/h4-33H2,1-3H3;9H,2-8H2,1H3;2H,1H2;1-2H3;1H,(H,2,3). The zero-order valence-corrected chi connectivity index (χ0v) is 37.9. The summed E-state index contributed by atoms with van der Waals surface area (Å²) in [6, 6.07) is 0. The predicted octanol–water partition coefficient (Wildman–Crippen LogP) is 14.9. The summed E-state index contributed by atoms with van der Waals surface area (Å²) in [5.41, 5.74) is 0. The van der Waals surface area contributed by atoms with Gasteiger partial charge in [0.05, 0.1) is 4.92 Å². The molecule has 0 heterocycles. The summed E-state index contributed by atoms with van der Waals surface area (Å²) in [6.45, 7) is 19.9. The Kier molecular flexibility index (Phi) is 72.7. The molecule has 0 rings (SSSR count). The summed E-state index contributed by atoms with van der Waals surface area (Å²) in [4.78, 5) is 31.5. The second-order valence-corrected chi connectivity index (χ2v) is 14.7. The first-order valence-electron chi connectivity index (χ1n) is 23.5. The van der Waals surface area contributed by atoms with Gasteiger partial charge in [-0.3, -0.25) is 19.7 Å². The van der Waals surface area contributed by atoms with Crippen LogP contribution in [0.25, 0.3) is 0 Å². The summed E-state index contributed by atoms with van der Waals surface area (Å²) in [5, 5.41) is 24.4. The second-order valence-electron chi connectivity index (χ2n) is 14.7. The van der Waals surface area contributed by atoms with E-state index in [0.29, 0.717) is 18.6 Å². The molecule has 0 aliphatic heterocycles. The normalized spacial score (nSPS) is 10.1. The minimum absolute atomic E-state index is 0.250. The third-order valence-electron chi connectivity index (χ3n) is 9.56. The lowest BCUT2D eigenvalue weighted by atomic mass is 10.0. The van der Waals surface area contributed by atoms with Crippen LogP contribution in [0.5, 0.6) is 0 Å². The van der Waals surface area contributed by atoms with Crippen LogP contribution < -0.4 is 0 Å². The van der Waals surface area contributed by atoms with Crippen molar-refractivity contribution in [1.82, 2.24) is 4.90 Å². The van der Waals surface area contributed by atoms with Crippen molar-refractivity contribution < 1.29 is 24.7 Å². The van der Waals surface area contributed by atoms with Gasteiger partial charge in [0.2, 0.25) is 6.20 Å². The number of carbonyl (C=O) groups is 2. The minimum Gasteiger partial charge on any atom is -0.483 e. The Hall–Kier alpha value is -1.80. The molecule has 0 saturated carbocycles. The number of hydrogen-bond acceptors (Lipinski definition) is 6. The molecule has 0 aromatic carbocycles. The Morgan fingerprint density at radius 1 is 0.527 bits per heavy atom. The lowest BCUT2D eigenvalue weighted by Gasteiger charge is -2.22. The summed E-state index contributed by atoms with van der Waals surface area (Å²) >= 11 is 0. The number of carboxylic acid groups (broad SMARTS) is 1. The minimum atomic E-state index is -0.611. The van der Waals surface area contributed by atoms with E-state index in [1.165, 1.54) is 199 Å². The molecular weight excluding hydrogens is 689 g/mol. The lowest BCUT2D eigenvalue weighted by molar-refractivity contribution is -0.401. The average molecular weight is 787 g/mol. The Morgan fingerprint density at radius 3 is 1.05 bits per heavy atom. The third kappa shape index (κ3) is 73.9. The number of hydrogen-bond donors (Lipinski definition) is 2. The van der Waals surface area contributed by atoms with Gasteiger partial charge in [-0.1, -0.05) is 202 Å². The smallest absolute Gasteiger partial charge is 0.290 e. The average Bonchev–Trinajstić information content (AvgIpc) is 3.19. The van der Waals surface area contributed by atoms with Gasteiger partial charge in [-0.25, -0.2) is 0 Å². The van der Waals surface area contributed by atoms with Crippen LogP contribution in [-0.4, -0.2) is 58.5 Å². The van der Waals surface area contributed by atoms with Crippen LogP contribution in [0.15, 0.2) is 12.8 Å². The maximum atomic E-state index is 12.0. The van der Waals surface area contributed by atoms with Gasteiger partial charge in [-0.2, -0.15) is 0 Å². The van der Waals surface area contributed by atoms with Crippen molar-refractivity contribution in [3.8, 4) is 0 Å². The lowest BCUT2D eigenvalue weighted by Crippen LogP contribution is -2.27. The summed E-state index contributed by atoms with van der Waals surface area (Å²) in [6.07, 6.45) is 43.9. The van der Waals surface area contributed by atoms with Crippen molar-refractivity contribution in [3.05, 3.63) is 22.9 Å². The van der Waals surface area contributed by atoms with Crippen LogP contribution in [0.3, 0.4) is 0 Å². The highest BCUT2D eigenvalue weighted by atomic mass is 16.6. The van der Waals surface area contributed by atoms with Crippen LogP contribution in [0.2, 0.25) is 0 Å². The maximum absolute atomic E-state index is 12.0.